The maximum atomic E-state index is 11.7. The van der Waals surface area contributed by atoms with Gasteiger partial charge in [0.1, 0.15) is 6.04 Å². The van der Waals surface area contributed by atoms with Crippen molar-refractivity contribution in [1.82, 2.24) is 4.90 Å². The molecule has 0 aliphatic carbocycles. The number of rotatable bonds is 5. The average Bonchev–Trinajstić information content (AvgIpc) is 2.26. The third kappa shape index (κ3) is 5.01. The second-order valence-electron chi connectivity index (χ2n) is 4.17. The average molecular weight is 264 g/mol. The third-order valence-electron chi connectivity index (χ3n) is 2.84. The summed E-state index contributed by atoms with van der Waals surface area (Å²) in [6.07, 6.45) is 2.67. The number of nitrogens with two attached hydrogens (primary N) is 1. The van der Waals surface area contributed by atoms with Gasteiger partial charge in [0.25, 0.3) is 0 Å². The highest BCUT2D eigenvalue weighted by molar-refractivity contribution is 7.89. The summed E-state index contributed by atoms with van der Waals surface area (Å²) >= 11 is 0. The van der Waals surface area contributed by atoms with E-state index in [1.54, 1.807) is 6.92 Å². The molecule has 7 heteroatoms. The van der Waals surface area contributed by atoms with E-state index in [1.807, 2.05) is 4.90 Å². The Hall–Kier alpha value is -0.660. The second-order valence-corrected chi connectivity index (χ2v) is 5.90. The largest absolute Gasteiger partial charge is 0.465 e. The van der Waals surface area contributed by atoms with Gasteiger partial charge in [0.15, 0.2) is 0 Å². The molecule has 100 valence electrons. The van der Waals surface area contributed by atoms with Crippen LogP contribution in [0.25, 0.3) is 0 Å². The van der Waals surface area contributed by atoms with E-state index in [2.05, 4.69) is 0 Å². The zero-order chi connectivity index (χ0) is 12.9. The van der Waals surface area contributed by atoms with Gasteiger partial charge in [0.2, 0.25) is 10.0 Å². The predicted octanol–water partition coefficient (Wildman–Crippen LogP) is -0.307. The molecule has 0 aromatic heterocycles. The van der Waals surface area contributed by atoms with Crippen molar-refractivity contribution in [2.75, 3.05) is 25.4 Å². The van der Waals surface area contributed by atoms with Crippen molar-refractivity contribution in [2.45, 2.75) is 32.2 Å². The predicted molar refractivity (Wildman–Crippen MR) is 63.8 cm³/mol. The van der Waals surface area contributed by atoms with Crippen LogP contribution in [-0.2, 0) is 19.6 Å². The van der Waals surface area contributed by atoms with E-state index in [9.17, 15) is 13.2 Å². The first-order valence-electron chi connectivity index (χ1n) is 5.85. The van der Waals surface area contributed by atoms with Gasteiger partial charge in [-0.1, -0.05) is 6.42 Å². The molecule has 1 rings (SSSR count). The highest BCUT2D eigenvalue weighted by Gasteiger charge is 2.29. The summed E-state index contributed by atoms with van der Waals surface area (Å²) in [5, 5.41) is 4.96. The minimum atomic E-state index is -3.48. The molecule has 1 unspecified atom stereocenters. The fourth-order valence-electron chi connectivity index (χ4n) is 2.01. The van der Waals surface area contributed by atoms with Crippen LogP contribution in [0.5, 0.6) is 0 Å². The molecule has 0 bridgehead atoms. The topological polar surface area (TPSA) is 89.7 Å². The molecule has 1 heterocycles. The Morgan fingerprint density at radius 2 is 2.18 bits per heavy atom. The van der Waals surface area contributed by atoms with E-state index in [0.717, 1.165) is 25.8 Å². The highest BCUT2D eigenvalue weighted by Crippen LogP contribution is 2.17. The van der Waals surface area contributed by atoms with Crippen molar-refractivity contribution in [3.05, 3.63) is 0 Å². The summed E-state index contributed by atoms with van der Waals surface area (Å²) in [4.78, 5) is 13.5. The molecule has 1 atom stereocenters. The number of nitrogens with zero attached hydrogens (tertiary/aromatic N) is 1. The first-order valence-corrected chi connectivity index (χ1v) is 7.56. The van der Waals surface area contributed by atoms with Crippen LogP contribution in [0.1, 0.15) is 26.2 Å². The lowest BCUT2D eigenvalue weighted by Gasteiger charge is -2.33. The molecule has 6 nitrogen and oxygen atoms in total. The van der Waals surface area contributed by atoms with Crippen molar-refractivity contribution in [3.8, 4) is 0 Å². The number of carbonyl (C=O) groups is 1. The maximum absolute atomic E-state index is 11.7. The monoisotopic (exact) mass is 264 g/mol. The van der Waals surface area contributed by atoms with Gasteiger partial charge in [-0.3, -0.25) is 9.69 Å². The zero-order valence-corrected chi connectivity index (χ0v) is 10.9. The van der Waals surface area contributed by atoms with Crippen LogP contribution in [0.4, 0.5) is 0 Å². The lowest BCUT2D eigenvalue weighted by atomic mass is 10.0. The smallest absolute Gasteiger partial charge is 0.323 e. The Balaban J connectivity index is 2.56. The number of esters is 1. The number of piperidine rings is 1. The number of hydrogen-bond donors (Lipinski definition) is 1. The molecule has 0 aromatic rings. The highest BCUT2D eigenvalue weighted by atomic mass is 32.2. The third-order valence-corrected chi connectivity index (χ3v) is 3.59. The Morgan fingerprint density at radius 3 is 2.76 bits per heavy atom. The summed E-state index contributed by atoms with van der Waals surface area (Å²) in [6.45, 7) is 3.12. The fraction of sp³-hybridized carbons (Fsp3) is 0.900. The minimum absolute atomic E-state index is 0.122. The number of ether oxygens (including phenoxy) is 1. The van der Waals surface area contributed by atoms with Crippen molar-refractivity contribution >= 4 is 16.0 Å². The summed E-state index contributed by atoms with van der Waals surface area (Å²) in [7, 11) is -3.48. The molecule has 1 aliphatic rings. The molecule has 0 spiro atoms. The molecule has 0 saturated carbocycles. The van der Waals surface area contributed by atoms with Crippen LogP contribution in [-0.4, -0.2) is 50.8 Å². The van der Waals surface area contributed by atoms with Gasteiger partial charge in [0.05, 0.1) is 12.4 Å². The molecule has 0 radical (unpaired) electrons. The van der Waals surface area contributed by atoms with Gasteiger partial charge in [0, 0.05) is 6.54 Å². The minimum Gasteiger partial charge on any atom is -0.465 e. The molecule has 2 N–H and O–H groups in total. The molecule has 1 aliphatic heterocycles. The number of carbonyl (C=O) groups excluding carboxylic acids is 1. The van der Waals surface area contributed by atoms with Crippen LogP contribution in [0.2, 0.25) is 0 Å². The molecule has 0 amide bonds. The number of hydrogen-bond acceptors (Lipinski definition) is 5. The van der Waals surface area contributed by atoms with Crippen molar-refractivity contribution in [3.63, 3.8) is 0 Å². The van der Waals surface area contributed by atoms with E-state index >= 15 is 0 Å². The van der Waals surface area contributed by atoms with Gasteiger partial charge in [-0.15, -0.1) is 0 Å². The number of primary sulfonamides is 1. The molecule has 1 fully saturated rings. The Bertz CT molecular complexity index is 355. The van der Waals surface area contributed by atoms with Crippen molar-refractivity contribution in [2.24, 2.45) is 5.14 Å². The Kier molecular flexibility index (Phi) is 5.35. The molecular weight excluding hydrogens is 244 g/mol. The van der Waals surface area contributed by atoms with Gasteiger partial charge in [-0.2, -0.15) is 0 Å². The van der Waals surface area contributed by atoms with Crippen LogP contribution in [0.15, 0.2) is 0 Å². The van der Waals surface area contributed by atoms with Crippen LogP contribution < -0.4 is 5.14 Å². The lowest BCUT2D eigenvalue weighted by molar-refractivity contribution is -0.150. The zero-order valence-electron chi connectivity index (χ0n) is 10.1. The van der Waals surface area contributed by atoms with E-state index in [1.165, 1.54) is 0 Å². The molecule has 1 saturated heterocycles. The van der Waals surface area contributed by atoms with Crippen LogP contribution >= 0.6 is 0 Å². The van der Waals surface area contributed by atoms with Crippen LogP contribution in [0, 0.1) is 0 Å². The molecule has 0 aromatic carbocycles. The number of sulfonamides is 1. The summed E-state index contributed by atoms with van der Waals surface area (Å²) in [6, 6.07) is -0.314. The quantitative estimate of drug-likeness (QED) is 0.688. The van der Waals surface area contributed by atoms with E-state index in [-0.39, 0.29) is 17.8 Å². The van der Waals surface area contributed by atoms with Gasteiger partial charge < -0.3 is 4.74 Å². The van der Waals surface area contributed by atoms with E-state index in [0.29, 0.717) is 13.2 Å². The van der Waals surface area contributed by atoms with Crippen molar-refractivity contribution in [1.29, 1.82) is 0 Å². The van der Waals surface area contributed by atoms with Crippen molar-refractivity contribution < 1.29 is 17.9 Å². The lowest BCUT2D eigenvalue weighted by Crippen LogP contribution is -2.47. The number of likely N-dealkylation sites (tertiary alicyclic amines) is 1. The summed E-state index contributed by atoms with van der Waals surface area (Å²) in [5.74, 6) is -0.385. The Labute approximate surface area is 102 Å². The van der Waals surface area contributed by atoms with E-state index in [4.69, 9.17) is 9.88 Å². The first-order chi connectivity index (χ1) is 7.94. The van der Waals surface area contributed by atoms with Gasteiger partial charge >= 0.3 is 5.97 Å². The molecular formula is C10H20N2O4S. The van der Waals surface area contributed by atoms with Crippen LogP contribution in [0.3, 0.4) is 0 Å². The maximum Gasteiger partial charge on any atom is 0.323 e. The summed E-state index contributed by atoms with van der Waals surface area (Å²) < 4.78 is 26.8. The second kappa shape index (κ2) is 6.32. The van der Waals surface area contributed by atoms with Gasteiger partial charge in [-0.05, 0) is 26.3 Å². The van der Waals surface area contributed by atoms with E-state index < -0.39 is 10.0 Å². The fourth-order valence-corrected chi connectivity index (χ4v) is 2.50. The molecule has 17 heavy (non-hydrogen) atoms. The van der Waals surface area contributed by atoms with Gasteiger partial charge in [-0.25, -0.2) is 13.6 Å². The first kappa shape index (κ1) is 14.4. The standard InChI is InChI=1S/C10H20N2O4S/c1-2-16-10(13)9-5-3-4-6-12(9)7-8-17(11,14)15/h9H,2-8H2,1H3,(H2,11,14,15). The Morgan fingerprint density at radius 1 is 1.47 bits per heavy atom. The normalized spacial score (nSPS) is 22.4. The SMILES string of the molecule is CCOC(=O)C1CCCCN1CCS(N)(=O)=O. The summed E-state index contributed by atoms with van der Waals surface area (Å²) in [5.41, 5.74) is 0.